The summed E-state index contributed by atoms with van der Waals surface area (Å²) in [4.78, 5) is 11.9. The Bertz CT molecular complexity index is 574. The van der Waals surface area contributed by atoms with Gasteiger partial charge in [-0.15, -0.1) is 0 Å². The molecule has 0 aliphatic carbocycles. The number of furan rings is 1. The lowest BCUT2D eigenvalue weighted by Gasteiger charge is -2.11. The van der Waals surface area contributed by atoms with Crippen molar-refractivity contribution >= 4 is 21.7 Å². The van der Waals surface area contributed by atoms with Crippen molar-refractivity contribution in [2.24, 2.45) is 0 Å². The van der Waals surface area contributed by atoms with Gasteiger partial charge < -0.3 is 4.42 Å². The van der Waals surface area contributed by atoms with Gasteiger partial charge in [0.1, 0.15) is 6.26 Å². The third-order valence-corrected chi connectivity index (χ3v) is 2.81. The van der Waals surface area contributed by atoms with Gasteiger partial charge in [0.25, 0.3) is 0 Å². The molecule has 0 radical (unpaired) electrons. The van der Waals surface area contributed by atoms with Gasteiger partial charge in [0, 0.05) is 10.0 Å². The van der Waals surface area contributed by atoms with E-state index in [1.807, 2.05) is 0 Å². The number of hydrogen-bond acceptors (Lipinski definition) is 2. The highest BCUT2D eigenvalue weighted by Crippen LogP contribution is 2.34. The van der Waals surface area contributed by atoms with Gasteiger partial charge in [0.2, 0.25) is 0 Å². The van der Waals surface area contributed by atoms with E-state index < -0.39 is 23.1 Å². The Morgan fingerprint density at radius 1 is 1.22 bits per heavy atom. The summed E-state index contributed by atoms with van der Waals surface area (Å²) in [6.07, 6.45) is -2.23. The van der Waals surface area contributed by atoms with E-state index in [0.29, 0.717) is 0 Å². The zero-order valence-electron chi connectivity index (χ0n) is 8.79. The number of carbonyl (C=O) groups excluding carboxylic acids is 1. The molecule has 94 valence electrons. The van der Waals surface area contributed by atoms with Gasteiger partial charge >= 0.3 is 6.18 Å². The fourth-order valence-corrected chi connectivity index (χ4v) is 1.86. The lowest BCUT2D eigenvalue weighted by Crippen LogP contribution is -2.13. The number of hydrogen-bond donors (Lipinski definition) is 0. The summed E-state index contributed by atoms with van der Waals surface area (Å²) in [6.45, 7) is 0. The van der Waals surface area contributed by atoms with Gasteiger partial charge in [0.05, 0.1) is 17.4 Å². The summed E-state index contributed by atoms with van der Waals surface area (Å²) in [7, 11) is 0. The number of halogens is 4. The maximum absolute atomic E-state index is 12.8. The summed E-state index contributed by atoms with van der Waals surface area (Å²) < 4.78 is 43.5. The fraction of sp³-hybridized carbons (Fsp3) is 0.0833. The average Bonchev–Trinajstić information content (AvgIpc) is 2.80. The van der Waals surface area contributed by atoms with E-state index in [4.69, 9.17) is 4.42 Å². The molecule has 2 nitrogen and oxygen atoms in total. The Labute approximate surface area is 109 Å². The lowest BCUT2D eigenvalue weighted by atomic mass is 10.00. The van der Waals surface area contributed by atoms with Crippen LogP contribution < -0.4 is 0 Å². The third kappa shape index (κ3) is 2.48. The number of ketones is 1. The zero-order chi connectivity index (χ0) is 13.3. The minimum absolute atomic E-state index is 0.0859. The van der Waals surface area contributed by atoms with Gasteiger partial charge in [0.15, 0.2) is 5.78 Å². The molecule has 1 aromatic carbocycles. The first-order chi connectivity index (χ1) is 8.39. The molecule has 0 bridgehead atoms. The lowest BCUT2D eigenvalue weighted by molar-refractivity contribution is -0.137. The van der Waals surface area contributed by atoms with Crippen molar-refractivity contribution in [1.82, 2.24) is 0 Å². The minimum Gasteiger partial charge on any atom is -0.472 e. The van der Waals surface area contributed by atoms with Gasteiger partial charge in [-0.05, 0) is 24.3 Å². The smallest absolute Gasteiger partial charge is 0.417 e. The molecular weight excluding hydrogens is 313 g/mol. The Morgan fingerprint density at radius 2 is 1.94 bits per heavy atom. The molecule has 0 atom stereocenters. The molecule has 2 aromatic rings. The van der Waals surface area contributed by atoms with Gasteiger partial charge in [-0.1, -0.05) is 15.9 Å². The van der Waals surface area contributed by atoms with Crippen molar-refractivity contribution < 1.29 is 22.4 Å². The molecule has 0 unspecified atom stereocenters. The van der Waals surface area contributed by atoms with Crippen LogP contribution in [0.25, 0.3) is 0 Å². The average molecular weight is 319 g/mol. The van der Waals surface area contributed by atoms with E-state index >= 15 is 0 Å². The first-order valence-electron chi connectivity index (χ1n) is 4.83. The molecule has 18 heavy (non-hydrogen) atoms. The van der Waals surface area contributed by atoms with Crippen LogP contribution in [0, 0.1) is 0 Å². The Hall–Kier alpha value is -1.56. The molecule has 0 saturated carbocycles. The van der Waals surface area contributed by atoms with E-state index in [-0.39, 0.29) is 10.0 Å². The van der Waals surface area contributed by atoms with E-state index in [9.17, 15) is 18.0 Å². The quantitative estimate of drug-likeness (QED) is 0.773. The third-order valence-electron chi connectivity index (χ3n) is 2.32. The van der Waals surface area contributed by atoms with Crippen molar-refractivity contribution in [3.05, 3.63) is 58.0 Å². The van der Waals surface area contributed by atoms with E-state index in [0.717, 1.165) is 18.4 Å². The second-order valence-electron chi connectivity index (χ2n) is 3.53. The van der Waals surface area contributed by atoms with E-state index in [1.54, 1.807) is 0 Å². The van der Waals surface area contributed by atoms with E-state index in [2.05, 4.69) is 15.9 Å². The summed E-state index contributed by atoms with van der Waals surface area (Å²) in [5.74, 6) is -0.719. The normalized spacial score (nSPS) is 11.6. The molecule has 0 amide bonds. The van der Waals surface area contributed by atoms with Crippen LogP contribution in [0.2, 0.25) is 0 Å². The topological polar surface area (TPSA) is 30.2 Å². The number of benzene rings is 1. The van der Waals surface area contributed by atoms with E-state index in [1.165, 1.54) is 18.4 Å². The molecule has 0 N–H and O–H groups in total. The molecular formula is C12H6BrF3O2. The molecule has 2 rings (SSSR count). The summed E-state index contributed by atoms with van der Waals surface area (Å²) in [5, 5.41) is 0. The zero-order valence-corrected chi connectivity index (χ0v) is 10.4. The second-order valence-corrected chi connectivity index (χ2v) is 4.44. The fourth-order valence-electron chi connectivity index (χ4n) is 1.50. The van der Waals surface area contributed by atoms with Crippen molar-refractivity contribution in [3.8, 4) is 0 Å². The van der Waals surface area contributed by atoms with Crippen LogP contribution in [-0.4, -0.2) is 5.78 Å². The van der Waals surface area contributed by atoms with Crippen LogP contribution in [0.3, 0.4) is 0 Å². The maximum atomic E-state index is 12.8. The minimum atomic E-state index is -4.58. The van der Waals surface area contributed by atoms with Crippen LogP contribution in [0.15, 0.2) is 45.7 Å². The number of alkyl halides is 3. The molecule has 6 heteroatoms. The predicted molar refractivity (Wildman–Crippen MR) is 61.3 cm³/mol. The number of carbonyl (C=O) groups is 1. The monoisotopic (exact) mass is 318 g/mol. The molecule has 0 fully saturated rings. The summed E-state index contributed by atoms with van der Waals surface area (Å²) in [6, 6.07) is 4.74. The van der Waals surface area contributed by atoms with Gasteiger partial charge in [-0.25, -0.2) is 0 Å². The predicted octanol–water partition coefficient (Wildman–Crippen LogP) is 4.29. The molecule has 0 spiro atoms. The standard InChI is InChI=1S/C12H6BrF3O2/c13-8-1-2-9(10(5-8)12(14,15)16)11(17)7-3-4-18-6-7/h1-6H. The van der Waals surface area contributed by atoms with Crippen LogP contribution in [0.1, 0.15) is 21.5 Å². The summed E-state index contributed by atoms with van der Waals surface area (Å²) >= 11 is 2.96. The van der Waals surface area contributed by atoms with Crippen molar-refractivity contribution in [3.63, 3.8) is 0 Å². The van der Waals surface area contributed by atoms with Crippen molar-refractivity contribution in [1.29, 1.82) is 0 Å². The Balaban J connectivity index is 2.55. The maximum Gasteiger partial charge on any atom is 0.417 e. The van der Waals surface area contributed by atoms with Crippen molar-refractivity contribution in [2.75, 3.05) is 0 Å². The number of rotatable bonds is 2. The van der Waals surface area contributed by atoms with Crippen LogP contribution in [-0.2, 0) is 6.18 Å². The van der Waals surface area contributed by atoms with Crippen LogP contribution in [0.5, 0.6) is 0 Å². The highest BCUT2D eigenvalue weighted by Gasteiger charge is 2.35. The molecule has 0 aliphatic heterocycles. The first kappa shape index (κ1) is 12.9. The molecule has 0 aliphatic rings. The largest absolute Gasteiger partial charge is 0.472 e. The highest BCUT2D eigenvalue weighted by molar-refractivity contribution is 9.10. The van der Waals surface area contributed by atoms with Gasteiger partial charge in [-0.2, -0.15) is 13.2 Å². The molecule has 0 saturated heterocycles. The SMILES string of the molecule is O=C(c1ccoc1)c1ccc(Br)cc1C(F)(F)F. The highest BCUT2D eigenvalue weighted by atomic mass is 79.9. The first-order valence-corrected chi connectivity index (χ1v) is 5.62. The van der Waals surface area contributed by atoms with Crippen LogP contribution in [0.4, 0.5) is 13.2 Å². The Kier molecular flexibility index (Phi) is 3.30. The molecule has 1 aromatic heterocycles. The molecule has 1 heterocycles. The van der Waals surface area contributed by atoms with Gasteiger partial charge in [-0.3, -0.25) is 4.79 Å². The van der Waals surface area contributed by atoms with Crippen LogP contribution >= 0.6 is 15.9 Å². The Morgan fingerprint density at radius 3 is 2.50 bits per heavy atom. The summed E-state index contributed by atoms with van der Waals surface area (Å²) in [5.41, 5.74) is -1.28. The van der Waals surface area contributed by atoms with Crippen molar-refractivity contribution in [2.45, 2.75) is 6.18 Å². The second kappa shape index (κ2) is 4.61.